The highest BCUT2D eigenvalue weighted by molar-refractivity contribution is 5.73. The van der Waals surface area contributed by atoms with E-state index in [0.29, 0.717) is 12.3 Å². The van der Waals surface area contributed by atoms with Crippen LogP contribution in [0.2, 0.25) is 0 Å². The number of carboxylic acid groups (broad SMARTS) is 1. The van der Waals surface area contributed by atoms with Crippen molar-refractivity contribution < 1.29 is 9.90 Å². The molecule has 0 aliphatic heterocycles. The molecule has 0 aliphatic carbocycles. The number of carbonyl (C=O) groups is 1. The molecular weight excluding hydrogens is 238 g/mol. The number of carboxylic acids is 1. The fraction of sp³-hybridized carbons (Fsp3) is 0.562. The highest BCUT2D eigenvalue weighted by Gasteiger charge is 2.22. The second kappa shape index (κ2) is 7.95. The average Bonchev–Trinajstić information content (AvgIpc) is 2.37. The second-order valence-electron chi connectivity index (χ2n) is 5.44. The van der Waals surface area contributed by atoms with Crippen molar-refractivity contribution in [3.8, 4) is 0 Å². The van der Waals surface area contributed by atoms with Crippen LogP contribution in [-0.2, 0) is 4.79 Å². The summed E-state index contributed by atoms with van der Waals surface area (Å²) < 4.78 is 0. The van der Waals surface area contributed by atoms with Crippen LogP contribution in [0.4, 0.5) is 0 Å². The van der Waals surface area contributed by atoms with Crippen molar-refractivity contribution >= 4 is 5.97 Å². The van der Waals surface area contributed by atoms with Crippen LogP contribution in [0, 0.1) is 5.92 Å². The molecule has 0 saturated carbocycles. The first kappa shape index (κ1) is 15.7. The van der Waals surface area contributed by atoms with Crippen LogP contribution in [0.15, 0.2) is 30.3 Å². The molecule has 0 aromatic heterocycles. The minimum absolute atomic E-state index is 0.105. The molecule has 2 N–H and O–H groups in total. The van der Waals surface area contributed by atoms with E-state index in [1.165, 1.54) is 5.56 Å². The van der Waals surface area contributed by atoms with Gasteiger partial charge in [0.25, 0.3) is 0 Å². The summed E-state index contributed by atoms with van der Waals surface area (Å²) >= 11 is 0. The highest BCUT2D eigenvalue weighted by atomic mass is 16.4. The predicted octanol–water partition coefficient (Wildman–Crippen LogP) is 3.62. The van der Waals surface area contributed by atoms with Crippen molar-refractivity contribution in [1.82, 2.24) is 5.32 Å². The first-order chi connectivity index (χ1) is 9.04. The highest BCUT2D eigenvalue weighted by Crippen LogP contribution is 2.22. The molecule has 1 aromatic rings. The summed E-state index contributed by atoms with van der Waals surface area (Å²) in [4.78, 5) is 11.3. The Morgan fingerprint density at radius 2 is 1.89 bits per heavy atom. The van der Waals surface area contributed by atoms with Gasteiger partial charge in [0.05, 0.1) is 0 Å². The normalized spacial score (nSPS) is 14.3. The molecular formula is C16H25NO2. The van der Waals surface area contributed by atoms with Gasteiger partial charge in [0.15, 0.2) is 0 Å². The smallest absolute Gasteiger partial charge is 0.320 e. The van der Waals surface area contributed by atoms with E-state index in [1.54, 1.807) is 0 Å². The van der Waals surface area contributed by atoms with Gasteiger partial charge in [-0.05, 0) is 24.3 Å². The molecule has 0 heterocycles. The van der Waals surface area contributed by atoms with E-state index in [9.17, 15) is 9.90 Å². The van der Waals surface area contributed by atoms with Crippen molar-refractivity contribution in [2.24, 2.45) is 5.92 Å². The molecule has 3 heteroatoms. The van der Waals surface area contributed by atoms with Crippen molar-refractivity contribution in [2.75, 3.05) is 0 Å². The van der Waals surface area contributed by atoms with E-state index in [1.807, 2.05) is 25.1 Å². The molecule has 2 unspecified atom stereocenters. The molecule has 0 radical (unpaired) electrons. The standard InChI is InChI=1S/C16H25NO2/c1-4-8-14(16(18)19)17-15(11-12(2)3)13-9-6-5-7-10-13/h5-7,9-10,12,14-15,17H,4,8,11H2,1-3H3,(H,18,19). The van der Waals surface area contributed by atoms with Gasteiger partial charge in [-0.15, -0.1) is 0 Å². The van der Waals surface area contributed by atoms with Crippen LogP contribution in [0.1, 0.15) is 51.6 Å². The maximum Gasteiger partial charge on any atom is 0.320 e. The lowest BCUT2D eigenvalue weighted by atomic mass is 9.95. The quantitative estimate of drug-likeness (QED) is 0.753. The molecule has 19 heavy (non-hydrogen) atoms. The molecule has 0 fully saturated rings. The van der Waals surface area contributed by atoms with Crippen molar-refractivity contribution in [3.05, 3.63) is 35.9 Å². The van der Waals surface area contributed by atoms with Gasteiger partial charge in [-0.1, -0.05) is 57.5 Å². The number of rotatable bonds is 8. The minimum atomic E-state index is -0.758. The Bertz CT molecular complexity index is 376. The molecule has 1 aromatic carbocycles. The van der Waals surface area contributed by atoms with Gasteiger partial charge in [0.1, 0.15) is 6.04 Å². The minimum Gasteiger partial charge on any atom is -0.480 e. The molecule has 0 aliphatic rings. The number of hydrogen-bond acceptors (Lipinski definition) is 2. The maximum absolute atomic E-state index is 11.3. The van der Waals surface area contributed by atoms with Crippen LogP contribution in [0.25, 0.3) is 0 Å². The fourth-order valence-electron chi connectivity index (χ4n) is 2.27. The lowest BCUT2D eigenvalue weighted by molar-refractivity contribution is -0.140. The topological polar surface area (TPSA) is 49.3 Å². The van der Waals surface area contributed by atoms with E-state index < -0.39 is 12.0 Å². The lowest BCUT2D eigenvalue weighted by Gasteiger charge is -2.25. The Morgan fingerprint density at radius 1 is 1.26 bits per heavy atom. The van der Waals surface area contributed by atoms with E-state index in [2.05, 4.69) is 31.3 Å². The van der Waals surface area contributed by atoms with Gasteiger partial charge >= 0.3 is 5.97 Å². The Kier molecular flexibility index (Phi) is 6.57. The zero-order valence-corrected chi connectivity index (χ0v) is 12.1. The molecule has 0 saturated heterocycles. The molecule has 106 valence electrons. The summed E-state index contributed by atoms with van der Waals surface area (Å²) in [5.41, 5.74) is 1.17. The predicted molar refractivity (Wildman–Crippen MR) is 78.1 cm³/mol. The summed E-state index contributed by atoms with van der Waals surface area (Å²) in [6.45, 7) is 6.33. The lowest BCUT2D eigenvalue weighted by Crippen LogP contribution is -2.39. The molecule has 0 bridgehead atoms. The third-order valence-electron chi connectivity index (χ3n) is 3.19. The summed E-state index contributed by atoms with van der Waals surface area (Å²) in [6, 6.07) is 9.74. The molecule has 2 atom stereocenters. The van der Waals surface area contributed by atoms with Gasteiger partial charge in [0, 0.05) is 6.04 Å². The summed E-state index contributed by atoms with van der Waals surface area (Å²) in [7, 11) is 0. The van der Waals surface area contributed by atoms with Gasteiger partial charge < -0.3 is 5.11 Å². The number of benzene rings is 1. The number of hydrogen-bond donors (Lipinski definition) is 2. The first-order valence-corrected chi connectivity index (χ1v) is 7.08. The van der Waals surface area contributed by atoms with E-state index in [0.717, 1.165) is 12.8 Å². The monoisotopic (exact) mass is 263 g/mol. The first-order valence-electron chi connectivity index (χ1n) is 7.08. The zero-order valence-electron chi connectivity index (χ0n) is 12.1. The molecule has 3 nitrogen and oxygen atoms in total. The molecule has 0 amide bonds. The van der Waals surface area contributed by atoms with E-state index >= 15 is 0 Å². The Morgan fingerprint density at radius 3 is 2.37 bits per heavy atom. The maximum atomic E-state index is 11.3. The van der Waals surface area contributed by atoms with E-state index in [-0.39, 0.29) is 6.04 Å². The van der Waals surface area contributed by atoms with Crippen LogP contribution in [0.5, 0.6) is 0 Å². The Hall–Kier alpha value is -1.35. The summed E-state index contributed by atoms with van der Waals surface area (Å²) in [5, 5.41) is 12.6. The van der Waals surface area contributed by atoms with Gasteiger partial charge in [-0.3, -0.25) is 10.1 Å². The van der Waals surface area contributed by atoms with Crippen molar-refractivity contribution in [2.45, 2.75) is 52.1 Å². The molecule has 1 rings (SSSR count). The number of nitrogens with one attached hydrogen (secondary N) is 1. The molecule has 0 spiro atoms. The van der Waals surface area contributed by atoms with Crippen LogP contribution >= 0.6 is 0 Å². The third-order valence-corrected chi connectivity index (χ3v) is 3.19. The Labute approximate surface area is 116 Å². The van der Waals surface area contributed by atoms with Crippen molar-refractivity contribution in [1.29, 1.82) is 0 Å². The van der Waals surface area contributed by atoms with Crippen LogP contribution in [-0.4, -0.2) is 17.1 Å². The average molecular weight is 263 g/mol. The van der Waals surface area contributed by atoms with Crippen LogP contribution < -0.4 is 5.32 Å². The van der Waals surface area contributed by atoms with Gasteiger partial charge in [-0.2, -0.15) is 0 Å². The van der Waals surface area contributed by atoms with E-state index in [4.69, 9.17) is 0 Å². The van der Waals surface area contributed by atoms with Crippen LogP contribution in [0.3, 0.4) is 0 Å². The summed E-state index contributed by atoms with van der Waals surface area (Å²) in [5.74, 6) is -0.236. The third kappa shape index (κ3) is 5.43. The largest absolute Gasteiger partial charge is 0.480 e. The zero-order chi connectivity index (χ0) is 14.3. The number of aliphatic carboxylic acids is 1. The SMILES string of the molecule is CCCC(NC(CC(C)C)c1ccccc1)C(=O)O. The van der Waals surface area contributed by atoms with Gasteiger partial charge in [-0.25, -0.2) is 0 Å². The van der Waals surface area contributed by atoms with Gasteiger partial charge in [0.2, 0.25) is 0 Å². The summed E-state index contributed by atoms with van der Waals surface area (Å²) in [6.07, 6.45) is 2.47. The second-order valence-corrected chi connectivity index (χ2v) is 5.44. The Balaban J connectivity index is 2.82. The van der Waals surface area contributed by atoms with Crippen molar-refractivity contribution in [3.63, 3.8) is 0 Å². The fourth-order valence-corrected chi connectivity index (χ4v) is 2.27.